The van der Waals surface area contributed by atoms with Gasteiger partial charge in [-0.2, -0.15) is 0 Å². The maximum absolute atomic E-state index is 4.21. The van der Waals surface area contributed by atoms with Crippen LogP contribution in [0.2, 0.25) is 0 Å². The molecule has 0 bridgehead atoms. The highest BCUT2D eigenvalue weighted by molar-refractivity contribution is 5.90. The van der Waals surface area contributed by atoms with Gasteiger partial charge in [-0.1, -0.05) is 104 Å². The van der Waals surface area contributed by atoms with Crippen molar-refractivity contribution in [2.45, 2.75) is 0 Å². The summed E-state index contributed by atoms with van der Waals surface area (Å²) < 4.78 is 0. The molecule has 4 heteroatoms. The highest BCUT2D eigenvalue weighted by Crippen LogP contribution is 2.45. The normalized spacial score (nSPS) is 10.5. The summed E-state index contributed by atoms with van der Waals surface area (Å²) in [5, 5.41) is 4.59. The van der Waals surface area contributed by atoms with E-state index in [-0.39, 0.29) is 0 Å². The first-order chi connectivity index (χ1) is 21.3. The predicted octanol–water partition coefficient (Wildman–Crippen LogP) is 10.6. The summed E-state index contributed by atoms with van der Waals surface area (Å²) in [6.45, 7) is 4.21. The van der Waals surface area contributed by atoms with Crippen LogP contribution in [0.25, 0.3) is 0 Å². The van der Waals surface area contributed by atoms with E-state index in [1.807, 2.05) is 18.3 Å². The lowest BCUT2D eigenvalue weighted by Crippen LogP contribution is -2.37. The van der Waals surface area contributed by atoms with E-state index >= 15 is 0 Å². The molecule has 0 aliphatic rings. The molecule has 6 rings (SSSR count). The number of benzene rings is 6. The topological polar surface area (TPSA) is 13.0 Å². The lowest BCUT2D eigenvalue weighted by Gasteiger charge is -2.41. The van der Waals surface area contributed by atoms with Crippen molar-refractivity contribution in [3.63, 3.8) is 0 Å². The Bertz CT molecular complexity index is 1760. The third-order valence-corrected chi connectivity index (χ3v) is 7.40. The largest absolute Gasteiger partial charge is 0.343 e. The van der Waals surface area contributed by atoms with E-state index in [9.17, 15) is 0 Å². The van der Waals surface area contributed by atoms with Crippen molar-refractivity contribution in [2.24, 2.45) is 0 Å². The smallest absolute Gasteiger partial charge is 0.0877 e. The molecule has 43 heavy (non-hydrogen) atoms. The van der Waals surface area contributed by atoms with E-state index < -0.39 is 0 Å². The molecule has 210 valence electrons. The van der Waals surface area contributed by atoms with Gasteiger partial charge in [-0.05, 0) is 72.8 Å². The summed E-state index contributed by atoms with van der Waals surface area (Å²) in [6.07, 6.45) is 1.88. The number of hydrogen-bond donors (Lipinski definition) is 0. The average Bonchev–Trinajstić information content (AvgIpc) is 3.09. The second-order valence-corrected chi connectivity index (χ2v) is 10.1. The fourth-order valence-corrected chi connectivity index (χ4v) is 5.36. The number of hydrogen-bond acceptors (Lipinski definition) is 4. The molecule has 6 aromatic rings. The molecular weight excluding hydrogens is 524 g/mol. The highest BCUT2D eigenvalue weighted by Gasteiger charge is 2.27. The molecule has 0 spiro atoms. The molecule has 0 N–H and O–H groups in total. The number of para-hydroxylation sites is 8. The van der Waals surface area contributed by atoms with Gasteiger partial charge in [0.1, 0.15) is 0 Å². The molecule has 4 nitrogen and oxygen atoms in total. The molecule has 0 amide bonds. The third-order valence-electron chi connectivity index (χ3n) is 7.40. The zero-order valence-electron chi connectivity index (χ0n) is 24.2. The minimum Gasteiger partial charge on any atom is -0.343 e. The van der Waals surface area contributed by atoms with Gasteiger partial charge in [-0.15, -0.1) is 0 Å². The van der Waals surface area contributed by atoms with E-state index in [1.165, 1.54) is 0 Å². The standard InChI is InChI=1S/C39H34N4/c1-3-41(33-22-10-5-11-23-33)37-29-17-19-31-39(37)43(35-26-14-7-15-27-35)42(34-24-12-6-13-25-34)38-30-18-16-28-36(38)40(2)32-20-8-4-9-21-32/h3-31H,1H2,2H3. The molecule has 0 fully saturated rings. The van der Waals surface area contributed by atoms with Gasteiger partial charge >= 0.3 is 0 Å². The maximum atomic E-state index is 4.21. The number of nitrogens with zero attached hydrogens (tertiary/aromatic N) is 4. The molecule has 6 aromatic carbocycles. The molecule has 0 aliphatic heterocycles. The van der Waals surface area contributed by atoms with Crippen LogP contribution >= 0.6 is 0 Å². The lowest BCUT2D eigenvalue weighted by molar-refractivity contribution is 0.981. The molecule has 0 atom stereocenters. The summed E-state index contributed by atoms with van der Waals surface area (Å²) in [7, 11) is 2.12. The van der Waals surface area contributed by atoms with E-state index in [1.54, 1.807) is 0 Å². The monoisotopic (exact) mass is 558 g/mol. The lowest BCUT2D eigenvalue weighted by atomic mass is 10.1. The van der Waals surface area contributed by atoms with Gasteiger partial charge in [0, 0.05) is 24.6 Å². The Balaban J connectivity index is 1.61. The Hall–Kier alpha value is -5.74. The van der Waals surface area contributed by atoms with Crippen LogP contribution in [0.4, 0.5) is 45.5 Å². The molecule has 0 saturated carbocycles. The van der Waals surface area contributed by atoms with Crippen molar-refractivity contribution >= 4 is 45.5 Å². The average molecular weight is 559 g/mol. The van der Waals surface area contributed by atoms with E-state index in [4.69, 9.17) is 0 Å². The van der Waals surface area contributed by atoms with Crippen molar-refractivity contribution in [3.05, 3.63) is 183 Å². The van der Waals surface area contributed by atoms with Crippen LogP contribution in [0, 0.1) is 0 Å². The van der Waals surface area contributed by atoms with Crippen LogP contribution in [0.5, 0.6) is 0 Å². The van der Waals surface area contributed by atoms with Crippen molar-refractivity contribution in [1.82, 2.24) is 0 Å². The van der Waals surface area contributed by atoms with E-state index in [0.29, 0.717) is 0 Å². The first kappa shape index (κ1) is 27.4. The Morgan fingerprint density at radius 3 is 1.14 bits per heavy atom. The van der Waals surface area contributed by atoms with Crippen molar-refractivity contribution in [3.8, 4) is 0 Å². The summed E-state index contributed by atoms with van der Waals surface area (Å²) in [6, 6.07) is 58.9. The minimum absolute atomic E-state index is 0.999. The van der Waals surface area contributed by atoms with Crippen molar-refractivity contribution in [1.29, 1.82) is 0 Å². The first-order valence-corrected chi connectivity index (χ1v) is 14.4. The van der Waals surface area contributed by atoms with Gasteiger partial charge in [0.05, 0.1) is 34.1 Å². The molecule has 0 saturated heterocycles. The van der Waals surface area contributed by atoms with Crippen molar-refractivity contribution < 1.29 is 0 Å². The van der Waals surface area contributed by atoms with Crippen LogP contribution in [-0.2, 0) is 0 Å². The van der Waals surface area contributed by atoms with Gasteiger partial charge in [-0.3, -0.25) is 0 Å². The Labute approximate surface area is 254 Å². The van der Waals surface area contributed by atoms with E-state index in [0.717, 1.165) is 45.5 Å². The highest BCUT2D eigenvalue weighted by atomic mass is 15.6. The minimum atomic E-state index is 0.999. The van der Waals surface area contributed by atoms with Crippen LogP contribution in [-0.4, -0.2) is 7.05 Å². The molecule has 0 radical (unpaired) electrons. The molecule has 0 aromatic heterocycles. The fourth-order valence-electron chi connectivity index (χ4n) is 5.36. The van der Waals surface area contributed by atoms with Crippen molar-refractivity contribution in [2.75, 3.05) is 26.9 Å². The predicted molar refractivity (Wildman–Crippen MR) is 183 cm³/mol. The van der Waals surface area contributed by atoms with Crippen LogP contribution in [0.15, 0.2) is 183 Å². The molecule has 0 aliphatic carbocycles. The first-order valence-electron chi connectivity index (χ1n) is 14.4. The van der Waals surface area contributed by atoms with Crippen LogP contribution < -0.4 is 19.8 Å². The summed E-state index contributed by atoms with van der Waals surface area (Å²) in [5.74, 6) is 0. The number of hydrazine groups is 1. The van der Waals surface area contributed by atoms with Crippen LogP contribution in [0.3, 0.4) is 0 Å². The zero-order valence-corrected chi connectivity index (χ0v) is 24.2. The second-order valence-electron chi connectivity index (χ2n) is 10.1. The summed E-state index contributed by atoms with van der Waals surface area (Å²) >= 11 is 0. The Morgan fingerprint density at radius 1 is 0.372 bits per heavy atom. The quantitative estimate of drug-likeness (QED) is 0.155. The van der Waals surface area contributed by atoms with Gasteiger partial charge in [-0.25, -0.2) is 10.0 Å². The Kier molecular flexibility index (Phi) is 8.19. The second kappa shape index (κ2) is 12.8. The van der Waals surface area contributed by atoms with Gasteiger partial charge < -0.3 is 9.80 Å². The maximum Gasteiger partial charge on any atom is 0.0877 e. The van der Waals surface area contributed by atoms with Crippen LogP contribution in [0.1, 0.15) is 0 Å². The van der Waals surface area contributed by atoms with Gasteiger partial charge in [0.2, 0.25) is 0 Å². The molecule has 0 heterocycles. The Morgan fingerprint density at radius 2 is 0.698 bits per heavy atom. The fraction of sp³-hybridized carbons (Fsp3) is 0.0256. The third kappa shape index (κ3) is 5.72. The molecule has 0 unspecified atom stereocenters. The molecular formula is C39H34N4. The van der Waals surface area contributed by atoms with Gasteiger partial charge in [0.25, 0.3) is 0 Å². The number of anilines is 8. The van der Waals surface area contributed by atoms with E-state index in [2.05, 4.69) is 191 Å². The SMILES string of the molecule is C=CN(c1ccccc1)c1ccccc1N(c1ccccc1)N(c1ccccc1)c1ccccc1N(C)c1ccccc1. The summed E-state index contributed by atoms with van der Waals surface area (Å²) in [4.78, 5) is 4.37. The van der Waals surface area contributed by atoms with Gasteiger partial charge in [0.15, 0.2) is 0 Å². The summed E-state index contributed by atoms with van der Waals surface area (Å²) in [5.41, 5.74) is 8.29. The number of rotatable bonds is 10. The zero-order chi connectivity index (χ0) is 29.4.